The fraction of sp³-hybridized carbons (Fsp3) is 0.923. The van der Waals surface area contributed by atoms with Crippen LogP contribution in [-0.2, 0) is 14.3 Å². The molecule has 0 fully saturated rings. The number of methoxy groups -OCH3 is 1. The predicted octanol–water partition coefficient (Wildman–Crippen LogP) is 2.11. The first kappa shape index (κ1) is 16.4. The van der Waals surface area contributed by atoms with Gasteiger partial charge in [0.2, 0.25) is 0 Å². The summed E-state index contributed by atoms with van der Waals surface area (Å²) < 4.78 is 10.4. The van der Waals surface area contributed by atoms with Gasteiger partial charge < -0.3 is 15.2 Å². The molecule has 0 radical (unpaired) electrons. The van der Waals surface area contributed by atoms with Gasteiger partial charge in [-0.1, -0.05) is 20.3 Å². The highest BCUT2D eigenvalue weighted by molar-refractivity contribution is 5.79. The molecule has 3 unspecified atom stereocenters. The van der Waals surface area contributed by atoms with Crippen molar-refractivity contribution in [3.63, 3.8) is 0 Å². The second-order valence-electron chi connectivity index (χ2n) is 5.15. The van der Waals surface area contributed by atoms with Gasteiger partial charge in [-0.05, 0) is 26.2 Å². The molecule has 0 aromatic rings. The molecule has 0 spiro atoms. The number of carbonyl (C=O) groups is 1. The molecule has 0 aliphatic heterocycles. The van der Waals surface area contributed by atoms with Gasteiger partial charge in [0.15, 0.2) is 0 Å². The van der Waals surface area contributed by atoms with Gasteiger partial charge in [-0.2, -0.15) is 0 Å². The Labute approximate surface area is 105 Å². The maximum atomic E-state index is 11.4. The number of ether oxygens (including phenoxy) is 2. The Morgan fingerprint density at radius 1 is 1.41 bits per heavy atom. The van der Waals surface area contributed by atoms with Crippen LogP contribution in [0.2, 0.25) is 0 Å². The minimum absolute atomic E-state index is 0.0385. The highest BCUT2D eigenvalue weighted by Gasteiger charge is 2.31. The largest absolute Gasteiger partial charge is 0.468 e. The van der Waals surface area contributed by atoms with Crippen LogP contribution in [-0.4, -0.2) is 31.3 Å². The highest BCUT2D eigenvalue weighted by Crippen LogP contribution is 2.15. The fourth-order valence-corrected chi connectivity index (χ4v) is 1.88. The van der Waals surface area contributed by atoms with Crippen LogP contribution >= 0.6 is 0 Å². The van der Waals surface area contributed by atoms with Crippen molar-refractivity contribution in [3.8, 4) is 0 Å². The standard InChI is InChI=1S/C13H27NO3/c1-6-7-10(2)9-17-11(3)8-13(4,14)12(15)16-5/h10-11H,6-9,14H2,1-5H3. The van der Waals surface area contributed by atoms with Gasteiger partial charge in [0, 0.05) is 13.0 Å². The summed E-state index contributed by atoms with van der Waals surface area (Å²) in [5, 5.41) is 0. The molecule has 3 atom stereocenters. The van der Waals surface area contributed by atoms with Crippen molar-refractivity contribution in [2.45, 2.75) is 58.6 Å². The maximum absolute atomic E-state index is 11.4. The number of nitrogens with two attached hydrogens (primary N) is 1. The zero-order chi connectivity index (χ0) is 13.5. The van der Waals surface area contributed by atoms with E-state index >= 15 is 0 Å². The number of hydrogen-bond acceptors (Lipinski definition) is 4. The molecule has 2 N–H and O–H groups in total. The van der Waals surface area contributed by atoms with Crippen molar-refractivity contribution < 1.29 is 14.3 Å². The lowest BCUT2D eigenvalue weighted by molar-refractivity contribution is -0.148. The molecule has 0 aliphatic rings. The lowest BCUT2D eigenvalue weighted by atomic mass is 9.96. The molecule has 102 valence electrons. The summed E-state index contributed by atoms with van der Waals surface area (Å²) in [6.45, 7) is 8.65. The van der Waals surface area contributed by atoms with E-state index in [2.05, 4.69) is 18.6 Å². The van der Waals surface area contributed by atoms with Crippen molar-refractivity contribution >= 4 is 5.97 Å². The van der Waals surface area contributed by atoms with E-state index in [1.54, 1.807) is 6.92 Å². The van der Waals surface area contributed by atoms with Gasteiger partial charge >= 0.3 is 5.97 Å². The smallest absolute Gasteiger partial charge is 0.325 e. The van der Waals surface area contributed by atoms with Crippen LogP contribution in [0.4, 0.5) is 0 Å². The first-order valence-corrected chi connectivity index (χ1v) is 6.32. The Hall–Kier alpha value is -0.610. The molecule has 0 heterocycles. The number of esters is 1. The van der Waals surface area contributed by atoms with Gasteiger partial charge in [-0.3, -0.25) is 4.79 Å². The van der Waals surface area contributed by atoms with Crippen LogP contribution in [0.3, 0.4) is 0 Å². The van der Waals surface area contributed by atoms with Gasteiger partial charge in [0.25, 0.3) is 0 Å². The Bertz CT molecular complexity index is 229. The van der Waals surface area contributed by atoms with E-state index in [-0.39, 0.29) is 6.10 Å². The molecule has 0 aromatic carbocycles. The van der Waals surface area contributed by atoms with E-state index in [1.807, 2.05) is 6.92 Å². The number of carbonyl (C=O) groups excluding carboxylic acids is 1. The zero-order valence-corrected chi connectivity index (χ0v) is 11.8. The molecule has 4 heteroatoms. The van der Waals surface area contributed by atoms with Crippen molar-refractivity contribution in [3.05, 3.63) is 0 Å². The summed E-state index contributed by atoms with van der Waals surface area (Å²) in [5.74, 6) is 0.152. The van der Waals surface area contributed by atoms with Gasteiger partial charge in [-0.25, -0.2) is 0 Å². The Morgan fingerprint density at radius 3 is 2.47 bits per heavy atom. The van der Waals surface area contributed by atoms with Crippen LogP contribution in [0.5, 0.6) is 0 Å². The third kappa shape index (κ3) is 6.64. The van der Waals surface area contributed by atoms with E-state index in [1.165, 1.54) is 7.11 Å². The summed E-state index contributed by atoms with van der Waals surface area (Å²) in [7, 11) is 1.35. The fourth-order valence-electron chi connectivity index (χ4n) is 1.88. The van der Waals surface area contributed by atoms with Crippen LogP contribution in [0.15, 0.2) is 0 Å². The molecule has 0 saturated carbocycles. The molecule has 17 heavy (non-hydrogen) atoms. The van der Waals surface area contributed by atoms with Crippen molar-refractivity contribution in [1.82, 2.24) is 0 Å². The van der Waals surface area contributed by atoms with E-state index in [4.69, 9.17) is 10.5 Å². The molecule has 4 nitrogen and oxygen atoms in total. The lowest BCUT2D eigenvalue weighted by Gasteiger charge is -2.26. The Kier molecular flexibility index (Phi) is 7.39. The summed E-state index contributed by atoms with van der Waals surface area (Å²) in [6, 6.07) is 0. The highest BCUT2D eigenvalue weighted by atomic mass is 16.5. The molecule has 0 bridgehead atoms. The lowest BCUT2D eigenvalue weighted by Crippen LogP contribution is -2.48. The van der Waals surface area contributed by atoms with Crippen molar-refractivity contribution in [2.24, 2.45) is 11.7 Å². The molecule has 0 amide bonds. The van der Waals surface area contributed by atoms with E-state index < -0.39 is 11.5 Å². The third-order valence-corrected chi connectivity index (χ3v) is 2.81. The number of hydrogen-bond donors (Lipinski definition) is 1. The Balaban J connectivity index is 4.00. The monoisotopic (exact) mass is 245 g/mol. The molecular weight excluding hydrogens is 218 g/mol. The minimum atomic E-state index is -0.970. The van der Waals surface area contributed by atoms with E-state index in [0.29, 0.717) is 18.9 Å². The van der Waals surface area contributed by atoms with Gasteiger partial charge in [0.1, 0.15) is 5.54 Å². The maximum Gasteiger partial charge on any atom is 0.325 e. The third-order valence-electron chi connectivity index (χ3n) is 2.81. The van der Waals surface area contributed by atoms with Crippen molar-refractivity contribution in [1.29, 1.82) is 0 Å². The second kappa shape index (κ2) is 7.67. The molecule has 0 aromatic heterocycles. The SMILES string of the molecule is CCCC(C)COC(C)CC(C)(N)C(=O)OC. The zero-order valence-electron chi connectivity index (χ0n) is 11.8. The normalized spacial score (nSPS) is 18.2. The van der Waals surface area contributed by atoms with Gasteiger partial charge in [0.05, 0.1) is 13.2 Å². The molecule has 0 rings (SSSR count). The van der Waals surface area contributed by atoms with Crippen molar-refractivity contribution in [2.75, 3.05) is 13.7 Å². The molecule has 0 saturated heterocycles. The average Bonchev–Trinajstić information content (AvgIpc) is 2.25. The molecule has 0 aliphatic carbocycles. The average molecular weight is 245 g/mol. The second-order valence-corrected chi connectivity index (χ2v) is 5.15. The topological polar surface area (TPSA) is 61.5 Å². The summed E-state index contributed by atoms with van der Waals surface area (Å²) in [4.78, 5) is 11.4. The first-order valence-electron chi connectivity index (χ1n) is 6.32. The van der Waals surface area contributed by atoms with Crippen LogP contribution in [0, 0.1) is 5.92 Å². The number of rotatable bonds is 8. The van der Waals surface area contributed by atoms with Crippen LogP contribution in [0.1, 0.15) is 47.0 Å². The molecular formula is C13H27NO3. The minimum Gasteiger partial charge on any atom is -0.468 e. The summed E-state index contributed by atoms with van der Waals surface area (Å²) >= 11 is 0. The predicted molar refractivity (Wildman–Crippen MR) is 68.7 cm³/mol. The van der Waals surface area contributed by atoms with Gasteiger partial charge in [-0.15, -0.1) is 0 Å². The summed E-state index contributed by atoms with van der Waals surface area (Å²) in [6.07, 6.45) is 2.75. The van der Waals surface area contributed by atoms with E-state index in [9.17, 15) is 4.79 Å². The van der Waals surface area contributed by atoms with E-state index in [0.717, 1.165) is 12.8 Å². The quantitative estimate of drug-likeness (QED) is 0.665. The Morgan fingerprint density at radius 2 is 2.00 bits per heavy atom. The first-order chi connectivity index (χ1) is 7.83. The van der Waals surface area contributed by atoms with Crippen LogP contribution < -0.4 is 5.73 Å². The summed E-state index contributed by atoms with van der Waals surface area (Å²) in [5.41, 5.74) is 4.91. The van der Waals surface area contributed by atoms with Crippen LogP contribution in [0.25, 0.3) is 0 Å².